The summed E-state index contributed by atoms with van der Waals surface area (Å²) in [4.78, 5) is 19.1. The maximum absolute atomic E-state index is 11.8. The van der Waals surface area contributed by atoms with Crippen molar-refractivity contribution in [1.82, 2.24) is 9.97 Å². The fourth-order valence-electron chi connectivity index (χ4n) is 2.26. The molecule has 3 aromatic rings. The van der Waals surface area contributed by atoms with Crippen LogP contribution in [0.4, 0.5) is 5.69 Å². The monoisotopic (exact) mass is 335 g/mol. The van der Waals surface area contributed by atoms with Gasteiger partial charge in [-0.25, -0.2) is 9.78 Å². The summed E-state index contributed by atoms with van der Waals surface area (Å²) in [6.45, 7) is 0. The topological polar surface area (TPSA) is 81.0 Å². The number of anilines is 1. The van der Waals surface area contributed by atoms with Crippen LogP contribution in [0.3, 0.4) is 0 Å². The lowest BCUT2D eigenvalue weighted by atomic mass is 10.1. The lowest BCUT2D eigenvalue weighted by molar-refractivity contribution is 0.0594. The van der Waals surface area contributed by atoms with E-state index < -0.39 is 5.97 Å². The van der Waals surface area contributed by atoms with Crippen molar-refractivity contribution in [2.45, 2.75) is 0 Å². The van der Waals surface area contributed by atoms with Crippen molar-refractivity contribution in [1.29, 1.82) is 0 Å². The number of nitrogen functional groups attached to an aromatic ring is 1. The maximum atomic E-state index is 11.8. The second kappa shape index (κ2) is 5.51. The molecule has 7 heteroatoms. The number of nitrogens with zero attached hydrogens (tertiary/aromatic N) is 1. The molecule has 0 spiro atoms. The molecule has 5 nitrogen and oxygen atoms in total. The van der Waals surface area contributed by atoms with Crippen LogP contribution in [-0.4, -0.2) is 23.0 Å². The van der Waals surface area contributed by atoms with Crippen LogP contribution in [0.5, 0.6) is 0 Å². The van der Waals surface area contributed by atoms with E-state index in [9.17, 15) is 4.79 Å². The van der Waals surface area contributed by atoms with E-state index in [2.05, 4.69) is 14.7 Å². The maximum Gasteiger partial charge on any atom is 0.358 e. The number of aromatic nitrogens is 2. The first-order valence-electron chi connectivity index (χ1n) is 6.33. The number of benzene rings is 1. The first-order chi connectivity index (χ1) is 10.5. The highest BCUT2D eigenvalue weighted by Gasteiger charge is 2.18. The van der Waals surface area contributed by atoms with Crippen LogP contribution in [-0.2, 0) is 4.74 Å². The number of esters is 1. The van der Waals surface area contributed by atoms with Gasteiger partial charge in [0.2, 0.25) is 0 Å². The lowest BCUT2D eigenvalue weighted by Gasteiger charge is -2.10. The number of nitrogens with two attached hydrogens (primary N) is 1. The Bertz CT molecular complexity index is 890. The third-order valence-electron chi connectivity index (χ3n) is 3.31. The molecule has 2 heterocycles. The zero-order valence-corrected chi connectivity index (χ0v) is 13.0. The molecule has 0 fully saturated rings. The highest BCUT2D eigenvalue weighted by Crippen LogP contribution is 2.34. The fraction of sp³-hybridized carbons (Fsp3) is 0.0667. The van der Waals surface area contributed by atoms with Crippen molar-refractivity contribution in [2.75, 3.05) is 12.8 Å². The molecule has 3 rings (SSSR count). The molecule has 0 aliphatic heterocycles. The summed E-state index contributed by atoms with van der Waals surface area (Å²) in [5.41, 5.74) is 8.22. The quantitative estimate of drug-likeness (QED) is 0.696. The predicted octanol–water partition coefficient (Wildman–Crippen LogP) is 3.91. The molecular formula is C15H11Cl2N3O2. The first-order valence-corrected chi connectivity index (χ1v) is 7.08. The van der Waals surface area contributed by atoms with Crippen LogP contribution in [0.25, 0.3) is 22.2 Å². The van der Waals surface area contributed by atoms with Crippen molar-refractivity contribution in [2.24, 2.45) is 0 Å². The summed E-state index contributed by atoms with van der Waals surface area (Å²) < 4.78 is 4.69. The number of nitrogens with one attached hydrogen (secondary N) is 1. The lowest BCUT2D eigenvalue weighted by Crippen LogP contribution is -2.08. The van der Waals surface area contributed by atoms with Crippen LogP contribution >= 0.6 is 23.2 Å². The number of halogens is 2. The van der Waals surface area contributed by atoms with E-state index in [1.54, 1.807) is 18.3 Å². The van der Waals surface area contributed by atoms with E-state index >= 15 is 0 Å². The standard InChI is InChI=1S/C15H11Cl2N3O2/c1-22-15(21)14-12(17)10(18)6-11(20-14)7-2-3-9(16)13-8(7)4-5-19-13/h2-6,19H,1H3,(H2,18,20). The Kier molecular flexibility index (Phi) is 3.68. The van der Waals surface area contributed by atoms with Crippen molar-refractivity contribution in [3.63, 3.8) is 0 Å². The Balaban J connectivity index is 2.27. The first kappa shape index (κ1) is 14.7. The fourth-order valence-corrected chi connectivity index (χ4v) is 2.66. The number of carbonyl (C=O) groups is 1. The number of carbonyl (C=O) groups excluding carboxylic acids is 1. The van der Waals surface area contributed by atoms with Gasteiger partial charge in [0.1, 0.15) is 0 Å². The van der Waals surface area contributed by atoms with Crippen molar-refractivity contribution >= 4 is 45.8 Å². The molecule has 0 atom stereocenters. The average molecular weight is 336 g/mol. The number of H-pyrrole nitrogens is 1. The Labute approximate surface area is 136 Å². The number of rotatable bonds is 2. The molecule has 3 N–H and O–H groups in total. The Morgan fingerprint density at radius 3 is 2.82 bits per heavy atom. The Morgan fingerprint density at radius 2 is 2.09 bits per heavy atom. The van der Waals surface area contributed by atoms with Gasteiger partial charge in [0.25, 0.3) is 0 Å². The molecule has 0 saturated carbocycles. The SMILES string of the molecule is COC(=O)c1nc(-c2ccc(Cl)c3[nH]ccc23)cc(N)c1Cl. The zero-order chi connectivity index (χ0) is 15.9. The van der Waals surface area contributed by atoms with Gasteiger partial charge in [0, 0.05) is 17.1 Å². The molecule has 0 unspecified atom stereocenters. The van der Waals surface area contributed by atoms with Crippen LogP contribution in [0.15, 0.2) is 30.5 Å². The minimum atomic E-state index is -0.641. The minimum absolute atomic E-state index is 0.0159. The second-order valence-corrected chi connectivity index (χ2v) is 5.40. The highest BCUT2D eigenvalue weighted by atomic mass is 35.5. The summed E-state index contributed by atoms with van der Waals surface area (Å²) in [7, 11) is 1.26. The summed E-state index contributed by atoms with van der Waals surface area (Å²) in [5.74, 6) is -0.641. The van der Waals surface area contributed by atoms with Gasteiger partial charge in [-0.1, -0.05) is 29.3 Å². The molecule has 0 radical (unpaired) electrons. The molecule has 0 saturated heterocycles. The van der Waals surface area contributed by atoms with E-state index in [1.165, 1.54) is 7.11 Å². The van der Waals surface area contributed by atoms with Crippen molar-refractivity contribution in [3.05, 3.63) is 46.2 Å². The van der Waals surface area contributed by atoms with Gasteiger partial charge in [-0.15, -0.1) is 0 Å². The third kappa shape index (κ3) is 2.28. The zero-order valence-electron chi connectivity index (χ0n) is 11.5. The molecule has 0 aliphatic rings. The number of pyridine rings is 1. The number of fused-ring (bicyclic) bond motifs is 1. The molecule has 0 amide bonds. The van der Waals surface area contributed by atoms with Gasteiger partial charge < -0.3 is 15.5 Å². The van der Waals surface area contributed by atoms with Gasteiger partial charge in [-0.05, 0) is 18.2 Å². The molecule has 2 aromatic heterocycles. The minimum Gasteiger partial charge on any atom is -0.464 e. The van der Waals surface area contributed by atoms with Crippen molar-refractivity contribution in [3.8, 4) is 11.3 Å². The molecule has 22 heavy (non-hydrogen) atoms. The van der Waals surface area contributed by atoms with E-state index in [0.29, 0.717) is 10.7 Å². The number of aromatic amines is 1. The van der Waals surface area contributed by atoms with Gasteiger partial charge in [-0.2, -0.15) is 0 Å². The molecule has 0 aliphatic carbocycles. The van der Waals surface area contributed by atoms with Gasteiger partial charge in [0.15, 0.2) is 5.69 Å². The van der Waals surface area contributed by atoms with Gasteiger partial charge >= 0.3 is 5.97 Å². The normalized spacial score (nSPS) is 10.9. The molecular weight excluding hydrogens is 325 g/mol. The molecule has 112 valence electrons. The van der Waals surface area contributed by atoms with E-state index in [-0.39, 0.29) is 16.4 Å². The Morgan fingerprint density at radius 1 is 1.32 bits per heavy atom. The van der Waals surface area contributed by atoms with E-state index in [0.717, 1.165) is 16.5 Å². The average Bonchev–Trinajstić information content (AvgIpc) is 3.00. The summed E-state index contributed by atoms with van der Waals surface area (Å²) >= 11 is 12.2. The summed E-state index contributed by atoms with van der Waals surface area (Å²) in [5, 5.41) is 1.55. The Hall–Kier alpha value is -2.24. The molecule has 1 aromatic carbocycles. The van der Waals surface area contributed by atoms with Crippen LogP contribution in [0.1, 0.15) is 10.5 Å². The largest absolute Gasteiger partial charge is 0.464 e. The predicted molar refractivity (Wildman–Crippen MR) is 87.3 cm³/mol. The van der Waals surface area contributed by atoms with Crippen LogP contribution in [0.2, 0.25) is 10.0 Å². The van der Waals surface area contributed by atoms with Gasteiger partial charge in [-0.3, -0.25) is 0 Å². The number of hydrogen-bond donors (Lipinski definition) is 2. The number of ether oxygens (including phenoxy) is 1. The highest BCUT2D eigenvalue weighted by molar-refractivity contribution is 6.36. The number of methoxy groups -OCH3 is 1. The van der Waals surface area contributed by atoms with Crippen LogP contribution < -0.4 is 5.73 Å². The third-order valence-corrected chi connectivity index (χ3v) is 4.03. The van der Waals surface area contributed by atoms with Crippen molar-refractivity contribution < 1.29 is 9.53 Å². The number of hydrogen-bond acceptors (Lipinski definition) is 4. The van der Waals surface area contributed by atoms with E-state index in [1.807, 2.05) is 12.1 Å². The molecule has 0 bridgehead atoms. The van der Waals surface area contributed by atoms with E-state index in [4.69, 9.17) is 28.9 Å². The van der Waals surface area contributed by atoms with Crippen LogP contribution in [0, 0.1) is 0 Å². The van der Waals surface area contributed by atoms with Gasteiger partial charge in [0.05, 0.1) is 34.1 Å². The summed E-state index contributed by atoms with van der Waals surface area (Å²) in [6, 6.07) is 7.06. The second-order valence-electron chi connectivity index (χ2n) is 4.61. The summed E-state index contributed by atoms with van der Waals surface area (Å²) in [6.07, 6.45) is 1.78. The smallest absolute Gasteiger partial charge is 0.358 e.